The van der Waals surface area contributed by atoms with Crippen LogP contribution in [0.4, 0.5) is 11.4 Å². The predicted molar refractivity (Wildman–Crippen MR) is 145 cm³/mol. The van der Waals surface area contributed by atoms with Gasteiger partial charge in [-0.05, 0) is 30.7 Å². The lowest BCUT2D eigenvalue weighted by Gasteiger charge is -2.33. The number of hydrogen-bond donors (Lipinski definition) is 1. The minimum atomic E-state index is -0.497. The van der Waals surface area contributed by atoms with E-state index in [1.54, 1.807) is 30.0 Å². The standard InChI is InChI=1S/C26H27N7O6/c1-19-24(26(35)31(28-19)21-6-8-22(9-7-21)32(36)37)18-27-11-12-29-13-15-30(16-14-29)25(34)10-5-20-3-2-4-23(17-20)33(38)39/h2-10,17-18,28H,11-16H2,1H3. The van der Waals surface area contributed by atoms with Crippen LogP contribution in [0.5, 0.6) is 0 Å². The molecule has 2 heterocycles. The van der Waals surface area contributed by atoms with Gasteiger partial charge in [0.2, 0.25) is 5.91 Å². The van der Waals surface area contributed by atoms with Gasteiger partial charge in [-0.2, -0.15) is 0 Å². The monoisotopic (exact) mass is 533 g/mol. The molecule has 4 rings (SSSR count). The van der Waals surface area contributed by atoms with Gasteiger partial charge in [-0.15, -0.1) is 0 Å². The van der Waals surface area contributed by atoms with E-state index >= 15 is 0 Å². The van der Waals surface area contributed by atoms with Crippen molar-refractivity contribution in [2.75, 3.05) is 39.3 Å². The van der Waals surface area contributed by atoms with Crippen molar-refractivity contribution in [3.8, 4) is 5.69 Å². The largest absolute Gasteiger partial charge is 0.337 e. The summed E-state index contributed by atoms with van der Waals surface area (Å²) >= 11 is 0. The number of aromatic nitrogens is 2. The first kappa shape index (κ1) is 27.1. The fraction of sp³-hybridized carbons (Fsp3) is 0.269. The molecule has 202 valence electrons. The summed E-state index contributed by atoms with van der Waals surface area (Å²) in [5.74, 6) is -0.147. The van der Waals surface area contributed by atoms with Crippen molar-refractivity contribution in [2.24, 2.45) is 4.99 Å². The molecule has 1 N–H and O–H groups in total. The van der Waals surface area contributed by atoms with Gasteiger partial charge >= 0.3 is 0 Å². The van der Waals surface area contributed by atoms with Crippen molar-refractivity contribution in [1.29, 1.82) is 0 Å². The molecular weight excluding hydrogens is 506 g/mol. The number of nitrogens with zero attached hydrogens (tertiary/aromatic N) is 6. The Morgan fingerprint density at radius 1 is 1.03 bits per heavy atom. The molecule has 0 bridgehead atoms. The molecule has 0 atom stereocenters. The van der Waals surface area contributed by atoms with E-state index in [0.717, 1.165) is 0 Å². The average Bonchev–Trinajstić information content (AvgIpc) is 3.23. The quantitative estimate of drug-likeness (QED) is 0.191. The van der Waals surface area contributed by atoms with Crippen molar-refractivity contribution in [2.45, 2.75) is 6.92 Å². The van der Waals surface area contributed by atoms with Gasteiger partial charge in [0.15, 0.2) is 0 Å². The number of nitro benzene ring substituents is 2. The summed E-state index contributed by atoms with van der Waals surface area (Å²) in [5, 5.41) is 24.7. The summed E-state index contributed by atoms with van der Waals surface area (Å²) in [4.78, 5) is 54.5. The van der Waals surface area contributed by atoms with Crippen molar-refractivity contribution in [1.82, 2.24) is 19.6 Å². The molecule has 13 nitrogen and oxygen atoms in total. The third-order valence-corrected chi connectivity index (χ3v) is 6.38. The number of nitrogens with one attached hydrogen (secondary N) is 1. The zero-order valence-electron chi connectivity index (χ0n) is 21.2. The molecular formula is C26H27N7O6. The number of aliphatic imine (C=N–C) groups is 1. The van der Waals surface area contributed by atoms with Crippen LogP contribution in [-0.4, -0.2) is 80.8 Å². The molecule has 0 unspecified atom stereocenters. The van der Waals surface area contributed by atoms with Gasteiger partial charge in [-0.25, -0.2) is 4.68 Å². The highest BCUT2D eigenvalue weighted by Crippen LogP contribution is 2.15. The number of nitro groups is 2. The Morgan fingerprint density at radius 2 is 1.72 bits per heavy atom. The number of carbonyl (C=O) groups is 1. The summed E-state index contributed by atoms with van der Waals surface area (Å²) in [5.41, 5.74) is 1.75. The number of rotatable bonds is 9. The maximum absolute atomic E-state index is 12.8. The zero-order chi connectivity index (χ0) is 27.9. The van der Waals surface area contributed by atoms with E-state index in [-0.39, 0.29) is 22.8 Å². The number of non-ortho nitro benzene ring substituents is 2. The second kappa shape index (κ2) is 12.1. The third kappa shape index (κ3) is 6.70. The van der Waals surface area contributed by atoms with E-state index in [1.807, 2.05) is 0 Å². The molecule has 1 aliphatic heterocycles. The Hall–Kier alpha value is -4.91. The van der Waals surface area contributed by atoms with Crippen LogP contribution in [0.15, 0.2) is 64.4 Å². The van der Waals surface area contributed by atoms with Gasteiger partial charge in [0.05, 0.1) is 27.6 Å². The van der Waals surface area contributed by atoms with E-state index in [1.165, 1.54) is 53.4 Å². The fourth-order valence-corrected chi connectivity index (χ4v) is 4.18. The Bertz CT molecular complexity index is 1480. The van der Waals surface area contributed by atoms with Gasteiger partial charge in [0.25, 0.3) is 16.9 Å². The Labute approximate surface area is 223 Å². The van der Waals surface area contributed by atoms with E-state index in [2.05, 4.69) is 15.0 Å². The first-order valence-corrected chi connectivity index (χ1v) is 12.2. The van der Waals surface area contributed by atoms with Crippen LogP contribution < -0.4 is 5.56 Å². The second-order valence-electron chi connectivity index (χ2n) is 8.95. The van der Waals surface area contributed by atoms with Crippen LogP contribution in [0.25, 0.3) is 11.8 Å². The summed E-state index contributed by atoms with van der Waals surface area (Å²) in [6, 6.07) is 11.8. The number of aromatic amines is 1. The minimum absolute atomic E-state index is 0.0253. The van der Waals surface area contributed by atoms with Crippen LogP contribution in [0.1, 0.15) is 16.8 Å². The molecule has 1 saturated heterocycles. The van der Waals surface area contributed by atoms with Crippen molar-refractivity contribution >= 4 is 29.6 Å². The van der Waals surface area contributed by atoms with E-state index < -0.39 is 9.85 Å². The van der Waals surface area contributed by atoms with Gasteiger partial charge in [-0.1, -0.05) is 12.1 Å². The second-order valence-corrected chi connectivity index (χ2v) is 8.95. The van der Waals surface area contributed by atoms with E-state index in [4.69, 9.17) is 0 Å². The lowest BCUT2D eigenvalue weighted by atomic mass is 10.2. The van der Waals surface area contributed by atoms with Gasteiger partial charge in [0.1, 0.15) is 0 Å². The Balaban J connectivity index is 1.26. The van der Waals surface area contributed by atoms with E-state index in [9.17, 15) is 29.8 Å². The smallest absolute Gasteiger partial charge is 0.280 e. The summed E-state index contributed by atoms with van der Waals surface area (Å²) in [6.07, 6.45) is 4.55. The highest BCUT2D eigenvalue weighted by Gasteiger charge is 2.19. The lowest BCUT2D eigenvalue weighted by Crippen LogP contribution is -2.48. The predicted octanol–water partition coefficient (Wildman–Crippen LogP) is 2.57. The molecule has 1 aromatic heterocycles. The lowest BCUT2D eigenvalue weighted by molar-refractivity contribution is -0.385. The van der Waals surface area contributed by atoms with Gasteiger partial charge < -0.3 is 4.90 Å². The molecule has 0 aliphatic carbocycles. The highest BCUT2D eigenvalue weighted by atomic mass is 16.6. The molecule has 1 fully saturated rings. The number of benzene rings is 2. The maximum atomic E-state index is 12.8. The number of hydrogen-bond acceptors (Lipinski definition) is 8. The molecule has 0 radical (unpaired) electrons. The topological polar surface area (TPSA) is 160 Å². The van der Waals surface area contributed by atoms with Crippen LogP contribution >= 0.6 is 0 Å². The molecule has 39 heavy (non-hydrogen) atoms. The zero-order valence-corrected chi connectivity index (χ0v) is 21.2. The Kier molecular flexibility index (Phi) is 8.41. The molecule has 2 aromatic carbocycles. The molecule has 3 aromatic rings. The Morgan fingerprint density at radius 3 is 2.38 bits per heavy atom. The molecule has 0 spiro atoms. The van der Waals surface area contributed by atoms with Crippen molar-refractivity contribution in [3.05, 3.63) is 102 Å². The molecule has 1 amide bonds. The number of H-pyrrole nitrogens is 1. The third-order valence-electron chi connectivity index (χ3n) is 6.38. The van der Waals surface area contributed by atoms with Gasteiger partial charge in [0, 0.05) is 75.0 Å². The molecule has 0 saturated carbocycles. The van der Waals surface area contributed by atoms with Crippen LogP contribution in [0.2, 0.25) is 0 Å². The number of piperazine rings is 1. The van der Waals surface area contributed by atoms with Gasteiger partial charge in [-0.3, -0.25) is 44.8 Å². The summed E-state index contributed by atoms with van der Waals surface area (Å²) in [6.45, 7) is 5.38. The number of amides is 1. The minimum Gasteiger partial charge on any atom is -0.337 e. The summed E-state index contributed by atoms with van der Waals surface area (Å²) in [7, 11) is 0. The van der Waals surface area contributed by atoms with Crippen LogP contribution in [0, 0.1) is 27.2 Å². The average molecular weight is 534 g/mol. The van der Waals surface area contributed by atoms with Crippen molar-refractivity contribution in [3.63, 3.8) is 0 Å². The highest BCUT2D eigenvalue weighted by molar-refractivity contribution is 5.92. The molecule has 13 heteroatoms. The SMILES string of the molecule is Cc1[nH]n(-c2ccc([N+](=O)[O-])cc2)c(=O)c1C=NCCN1CCN(C(=O)C=Cc2cccc([N+](=O)[O-])c2)CC1. The first-order valence-electron chi connectivity index (χ1n) is 12.2. The van der Waals surface area contributed by atoms with Crippen molar-refractivity contribution < 1.29 is 14.6 Å². The molecule has 1 aliphatic rings. The first-order chi connectivity index (χ1) is 18.7. The number of aryl methyl sites for hydroxylation is 1. The van der Waals surface area contributed by atoms with E-state index in [0.29, 0.717) is 61.8 Å². The summed E-state index contributed by atoms with van der Waals surface area (Å²) < 4.78 is 1.32. The maximum Gasteiger partial charge on any atom is 0.280 e. The normalized spacial score (nSPS) is 14.3. The van der Waals surface area contributed by atoms with Crippen LogP contribution in [-0.2, 0) is 4.79 Å². The number of carbonyl (C=O) groups excluding carboxylic acids is 1. The fourth-order valence-electron chi connectivity index (χ4n) is 4.18. The van der Waals surface area contributed by atoms with Crippen LogP contribution in [0.3, 0.4) is 0 Å².